The van der Waals surface area contributed by atoms with Crippen LogP contribution in [0.2, 0.25) is 0 Å². The molecule has 2 rings (SSSR count). The fourth-order valence-electron chi connectivity index (χ4n) is 3.18. The zero-order chi connectivity index (χ0) is 19.1. The molecule has 2 aromatic rings. The standard InChI is InChI=1S/C23H31O2P.Li.H/c1-6-7-8-9-14-25-20-10-12-21(13-11-20)26-23(24)22-17(3)15-16(2)18(4)19(22)5;;/h10-13,15,26H,6-9,14H2,1-5H3;;. The number of unbranched alkanes of at least 4 members (excludes halogenated alkanes) is 3. The van der Waals surface area contributed by atoms with Gasteiger partial charge in [-0.1, -0.05) is 44.4 Å². The van der Waals surface area contributed by atoms with Crippen LogP contribution in [0, 0.1) is 27.7 Å². The van der Waals surface area contributed by atoms with E-state index in [2.05, 4.69) is 33.8 Å². The van der Waals surface area contributed by atoms with Crippen LogP contribution in [0.15, 0.2) is 30.3 Å². The molecule has 27 heavy (non-hydrogen) atoms. The van der Waals surface area contributed by atoms with Crippen molar-refractivity contribution in [2.45, 2.75) is 60.3 Å². The van der Waals surface area contributed by atoms with Gasteiger partial charge in [0.2, 0.25) is 0 Å². The molecule has 0 aromatic heterocycles. The first kappa shape index (κ1) is 24.0. The molecule has 0 saturated heterocycles. The van der Waals surface area contributed by atoms with Crippen LogP contribution in [0.5, 0.6) is 5.75 Å². The van der Waals surface area contributed by atoms with E-state index in [1.807, 2.05) is 31.2 Å². The van der Waals surface area contributed by atoms with Crippen LogP contribution < -0.4 is 10.0 Å². The summed E-state index contributed by atoms with van der Waals surface area (Å²) in [7, 11) is 0.146. The van der Waals surface area contributed by atoms with Crippen molar-refractivity contribution in [3.63, 3.8) is 0 Å². The summed E-state index contributed by atoms with van der Waals surface area (Å²) in [6.45, 7) is 11.3. The predicted octanol–water partition coefficient (Wildman–Crippen LogP) is 5.38. The molecule has 4 heteroatoms. The third-order valence-corrected chi connectivity index (χ3v) is 6.06. The maximum atomic E-state index is 12.9. The topological polar surface area (TPSA) is 26.3 Å². The van der Waals surface area contributed by atoms with Crippen molar-refractivity contribution in [3.8, 4) is 5.75 Å². The van der Waals surface area contributed by atoms with Gasteiger partial charge >= 0.3 is 18.9 Å². The summed E-state index contributed by atoms with van der Waals surface area (Å²) in [5.41, 5.74) is 5.78. The predicted molar refractivity (Wildman–Crippen MR) is 121 cm³/mol. The molecular formula is C23H32LiO2P. The second-order valence-corrected chi connectivity index (χ2v) is 8.30. The second-order valence-electron chi connectivity index (χ2n) is 7.02. The van der Waals surface area contributed by atoms with E-state index in [0.717, 1.165) is 40.8 Å². The summed E-state index contributed by atoms with van der Waals surface area (Å²) in [5, 5.41) is 1.06. The normalized spacial score (nSPS) is 10.9. The molecule has 0 aliphatic heterocycles. The van der Waals surface area contributed by atoms with E-state index in [1.165, 1.54) is 30.4 Å². The molecule has 0 radical (unpaired) electrons. The zero-order valence-electron chi connectivity index (χ0n) is 16.7. The van der Waals surface area contributed by atoms with Crippen LogP contribution in [0.4, 0.5) is 0 Å². The number of rotatable bonds is 9. The quantitative estimate of drug-likeness (QED) is 0.333. The average Bonchev–Trinajstić information content (AvgIpc) is 2.61. The first-order chi connectivity index (χ1) is 12.4. The Morgan fingerprint density at radius 2 is 1.59 bits per heavy atom. The Labute approximate surface area is 178 Å². The molecule has 1 atom stereocenters. The van der Waals surface area contributed by atoms with Gasteiger partial charge in [0.15, 0.2) is 5.52 Å². The van der Waals surface area contributed by atoms with Crippen molar-refractivity contribution in [1.29, 1.82) is 0 Å². The molecule has 0 fully saturated rings. The van der Waals surface area contributed by atoms with Gasteiger partial charge in [-0.2, -0.15) is 0 Å². The van der Waals surface area contributed by atoms with Crippen molar-refractivity contribution in [1.82, 2.24) is 0 Å². The summed E-state index contributed by atoms with van der Waals surface area (Å²) in [6.07, 6.45) is 4.83. The van der Waals surface area contributed by atoms with E-state index in [4.69, 9.17) is 4.74 Å². The van der Waals surface area contributed by atoms with Crippen LogP contribution >= 0.6 is 8.58 Å². The van der Waals surface area contributed by atoms with E-state index >= 15 is 0 Å². The number of carbonyl (C=O) groups is 1. The molecule has 1 unspecified atom stereocenters. The van der Waals surface area contributed by atoms with E-state index in [-0.39, 0.29) is 33.0 Å². The molecule has 2 nitrogen and oxygen atoms in total. The summed E-state index contributed by atoms with van der Waals surface area (Å²) in [5.74, 6) is 0.890. The minimum atomic E-state index is 0. The van der Waals surface area contributed by atoms with Crippen molar-refractivity contribution in [2.75, 3.05) is 6.61 Å². The monoisotopic (exact) mass is 378 g/mol. The Morgan fingerprint density at radius 1 is 0.926 bits per heavy atom. The molecule has 0 saturated carbocycles. The van der Waals surface area contributed by atoms with E-state index in [1.54, 1.807) is 0 Å². The van der Waals surface area contributed by atoms with E-state index < -0.39 is 0 Å². The molecule has 0 amide bonds. The van der Waals surface area contributed by atoms with Crippen molar-refractivity contribution in [2.24, 2.45) is 0 Å². The molecule has 0 N–H and O–H groups in total. The molecule has 0 aliphatic carbocycles. The van der Waals surface area contributed by atoms with Gasteiger partial charge in [-0.05, 0) is 82.4 Å². The van der Waals surface area contributed by atoms with Gasteiger partial charge < -0.3 is 4.74 Å². The number of hydrogen-bond acceptors (Lipinski definition) is 2. The number of benzene rings is 2. The maximum absolute atomic E-state index is 12.9. The van der Waals surface area contributed by atoms with Crippen molar-refractivity contribution >= 4 is 38.3 Å². The fraction of sp³-hybridized carbons (Fsp3) is 0.435. The number of aryl methyl sites for hydroxylation is 2. The van der Waals surface area contributed by atoms with Gasteiger partial charge in [-0.3, -0.25) is 4.79 Å². The van der Waals surface area contributed by atoms with Crippen molar-refractivity contribution < 1.29 is 9.53 Å². The third-order valence-electron chi connectivity index (χ3n) is 4.96. The zero-order valence-corrected chi connectivity index (χ0v) is 17.7. The molecule has 142 valence electrons. The molecular weight excluding hydrogens is 346 g/mol. The molecule has 0 aliphatic rings. The SMILES string of the molecule is CCCCCCOc1ccc(PC(=O)c2c(C)cc(C)c(C)c2C)cc1.[LiH]. The Morgan fingerprint density at radius 3 is 2.22 bits per heavy atom. The van der Waals surface area contributed by atoms with Gasteiger partial charge in [-0.15, -0.1) is 0 Å². The molecule has 0 bridgehead atoms. The van der Waals surface area contributed by atoms with Crippen LogP contribution in [0.3, 0.4) is 0 Å². The van der Waals surface area contributed by atoms with Crippen LogP contribution in [0.25, 0.3) is 0 Å². The minimum absolute atomic E-state index is 0. The van der Waals surface area contributed by atoms with Gasteiger partial charge in [0.05, 0.1) is 6.61 Å². The van der Waals surface area contributed by atoms with Crippen molar-refractivity contribution in [3.05, 3.63) is 58.1 Å². The number of ether oxygens (including phenoxy) is 1. The summed E-state index contributed by atoms with van der Waals surface area (Å²) in [4.78, 5) is 12.9. The van der Waals surface area contributed by atoms with Gasteiger partial charge in [0.1, 0.15) is 5.75 Å². The number of hydrogen-bond donors (Lipinski definition) is 0. The third kappa shape index (κ3) is 6.80. The van der Waals surface area contributed by atoms with Gasteiger partial charge in [0.25, 0.3) is 0 Å². The Kier molecular flexibility index (Phi) is 10.4. The van der Waals surface area contributed by atoms with Crippen LogP contribution in [-0.2, 0) is 0 Å². The molecule has 0 heterocycles. The van der Waals surface area contributed by atoms with Crippen LogP contribution in [0.1, 0.15) is 65.2 Å². The summed E-state index contributed by atoms with van der Waals surface area (Å²) in [6, 6.07) is 10.1. The summed E-state index contributed by atoms with van der Waals surface area (Å²) < 4.78 is 5.78. The number of carbonyl (C=O) groups excluding carboxylic acids is 1. The Balaban J connectivity index is 0.00000364. The first-order valence-corrected chi connectivity index (χ1v) is 10.6. The van der Waals surface area contributed by atoms with Gasteiger partial charge in [-0.25, -0.2) is 0 Å². The average molecular weight is 378 g/mol. The molecule has 2 aromatic carbocycles. The Hall–Kier alpha value is -1.06. The van der Waals surface area contributed by atoms with Crippen LogP contribution in [-0.4, -0.2) is 31.0 Å². The first-order valence-electron chi connectivity index (χ1n) is 9.55. The van der Waals surface area contributed by atoms with E-state index in [0.29, 0.717) is 0 Å². The second kappa shape index (κ2) is 11.7. The Bertz CT molecular complexity index is 754. The molecule has 0 spiro atoms. The van der Waals surface area contributed by atoms with E-state index in [9.17, 15) is 4.79 Å². The fourth-order valence-corrected chi connectivity index (χ4v) is 4.29. The van der Waals surface area contributed by atoms with Gasteiger partial charge in [0, 0.05) is 5.56 Å². The summed E-state index contributed by atoms with van der Waals surface area (Å²) >= 11 is 0.